The summed E-state index contributed by atoms with van der Waals surface area (Å²) in [7, 11) is 2.83. The van der Waals surface area contributed by atoms with Crippen molar-refractivity contribution in [2.24, 2.45) is 5.16 Å². The zero-order chi connectivity index (χ0) is 21.4. The molecule has 7 nitrogen and oxygen atoms in total. The lowest BCUT2D eigenvalue weighted by Gasteiger charge is -2.07. The van der Waals surface area contributed by atoms with E-state index < -0.39 is 11.4 Å². The van der Waals surface area contributed by atoms with Crippen molar-refractivity contribution >= 4 is 23.4 Å². The summed E-state index contributed by atoms with van der Waals surface area (Å²) in [5.41, 5.74) is -3.05. The fourth-order valence-electron chi connectivity index (χ4n) is 2.18. The minimum absolute atomic E-state index is 0.0927. The smallest absolute Gasteiger partial charge is 0.446 e. The van der Waals surface area contributed by atoms with Gasteiger partial charge in [0.2, 0.25) is 5.88 Å². The second-order valence-electron chi connectivity index (χ2n) is 5.54. The Hall–Kier alpha value is -2.95. The largest absolute Gasteiger partial charge is 0.472 e. The van der Waals surface area contributed by atoms with Crippen LogP contribution in [0.3, 0.4) is 0 Å². The molecule has 1 amide bonds. The summed E-state index contributed by atoms with van der Waals surface area (Å²) < 4.78 is 44.2. The molecule has 1 aromatic heterocycles. The molecule has 0 aliphatic heterocycles. The maximum absolute atomic E-state index is 12.4. The van der Waals surface area contributed by atoms with Crippen molar-refractivity contribution in [3.05, 3.63) is 48.2 Å². The topological polar surface area (TPSA) is 77.7 Å². The second kappa shape index (κ2) is 10.0. The first-order valence-electron chi connectivity index (χ1n) is 8.28. The van der Waals surface area contributed by atoms with E-state index in [1.165, 1.54) is 43.1 Å². The summed E-state index contributed by atoms with van der Waals surface area (Å²) in [4.78, 5) is 16.5. The zero-order valence-corrected chi connectivity index (χ0v) is 16.7. The van der Waals surface area contributed by atoms with Crippen molar-refractivity contribution < 1.29 is 27.5 Å². The Labute approximate surface area is 169 Å². The number of hydrogen-bond acceptors (Lipinski definition) is 6. The summed E-state index contributed by atoms with van der Waals surface area (Å²) in [6.07, 6.45) is 3.27. The van der Waals surface area contributed by atoms with E-state index in [2.05, 4.69) is 20.4 Å². The maximum atomic E-state index is 12.4. The van der Waals surface area contributed by atoms with E-state index >= 15 is 0 Å². The summed E-state index contributed by atoms with van der Waals surface area (Å²) >= 11 is -0.175. The number of aromatic nitrogens is 2. The number of ether oxygens (including phenoxy) is 1. The van der Waals surface area contributed by atoms with Gasteiger partial charge in [0.05, 0.1) is 5.69 Å². The van der Waals surface area contributed by atoms with Crippen molar-refractivity contribution in [2.45, 2.75) is 17.3 Å². The van der Waals surface area contributed by atoms with Crippen molar-refractivity contribution in [3.63, 3.8) is 0 Å². The van der Waals surface area contributed by atoms with Gasteiger partial charge < -0.3 is 14.9 Å². The van der Waals surface area contributed by atoms with E-state index in [1.807, 2.05) is 0 Å². The molecular weight excluding hydrogens is 409 g/mol. The van der Waals surface area contributed by atoms with Crippen molar-refractivity contribution in [2.75, 3.05) is 20.8 Å². The molecule has 1 heterocycles. The number of rotatable bonds is 8. The average Bonchev–Trinajstić information content (AvgIpc) is 3.13. The summed E-state index contributed by atoms with van der Waals surface area (Å²) in [5, 5.41) is 10.4. The van der Waals surface area contributed by atoms with Crippen LogP contribution in [0.2, 0.25) is 0 Å². The van der Waals surface area contributed by atoms with Crippen molar-refractivity contribution in [3.8, 4) is 11.6 Å². The molecule has 0 aliphatic rings. The molecule has 0 spiro atoms. The van der Waals surface area contributed by atoms with E-state index in [4.69, 9.17) is 4.74 Å². The molecule has 0 unspecified atom stereocenters. The quantitative estimate of drug-likeness (QED) is 0.395. The molecule has 0 saturated heterocycles. The molecule has 0 atom stereocenters. The first-order chi connectivity index (χ1) is 13.7. The lowest BCUT2D eigenvalue weighted by Crippen LogP contribution is -2.28. The number of oxime groups is 1. The van der Waals surface area contributed by atoms with Crippen LogP contribution in [-0.2, 0) is 9.63 Å². The third kappa shape index (κ3) is 6.86. The predicted octanol–water partition coefficient (Wildman–Crippen LogP) is 3.56. The van der Waals surface area contributed by atoms with E-state index in [0.717, 1.165) is 0 Å². The molecule has 2 aromatic rings. The van der Waals surface area contributed by atoms with Crippen LogP contribution < -0.4 is 10.1 Å². The number of carbonyl (C=O) groups is 1. The molecule has 29 heavy (non-hydrogen) atoms. The molecule has 156 valence electrons. The number of benzene rings is 1. The summed E-state index contributed by atoms with van der Waals surface area (Å²) in [6.45, 7) is 1.82. The Morgan fingerprint density at radius 2 is 2.00 bits per heavy atom. The van der Waals surface area contributed by atoms with Gasteiger partial charge in [-0.3, -0.25) is 4.79 Å². The number of amides is 1. The number of nitrogens with one attached hydrogen (secondary N) is 1. The Morgan fingerprint density at radius 3 is 2.59 bits per heavy atom. The van der Waals surface area contributed by atoms with Gasteiger partial charge in [0, 0.05) is 24.2 Å². The SMILES string of the molecule is CNC(=O)C(=N/OC)/C(C)=C/COc1ccn(-c2ccc(SC(F)(F)F)cc2)n1. The van der Waals surface area contributed by atoms with Crippen LogP contribution >= 0.6 is 11.8 Å². The molecule has 11 heteroatoms. The highest BCUT2D eigenvalue weighted by atomic mass is 32.2. The molecule has 0 saturated carbocycles. The third-order valence-electron chi connectivity index (χ3n) is 3.52. The fourth-order valence-corrected chi connectivity index (χ4v) is 2.72. The minimum atomic E-state index is -4.33. The molecular formula is C18H19F3N4O3S. The highest BCUT2D eigenvalue weighted by Crippen LogP contribution is 2.36. The standard InChI is InChI=1S/C18H19F3N4O3S/c1-12(16(24-27-3)17(26)22-2)9-11-28-15-8-10-25(23-15)13-4-6-14(7-5-13)29-18(19,20)21/h4-10H,11H2,1-3H3,(H,22,26)/b12-9+,24-16+. The van der Waals surface area contributed by atoms with E-state index in [1.54, 1.807) is 25.3 Å². The monoisotopic (exact) mass is 428 g/mol. The fraction of sp³-hybridized carbons (Fsp3) is 0.278. The van der Waals surface area contributed by atoms with Gasteiger partial charge in [-0.15, -0.1) is 5.10 Å². The van der Waals surface area contributed by atoms with E-state index in [9.17, 15) is 18.0 Å². The highest BCUT2D eigenvalue weighted by Gasteiger charge is 2.29. The van der Waals surface area contributed by atoms with Crippen LogP contribution in [0.1, 0.15) is 6.92 Å². The van der Waals surface area contributed by atoms with Crippen LogP contribution in [0.4, 0.5) is 13.2 Å². The molecule has 1 N–H and O–H groups in total. The number of alkyl halides is 3. The van der Waals surface area contributed by atoms with E-state index in [0.29, 0.717) is 17.1 Å². The Bertz CT molecular complexity index is 893. The Morgan fingerprint density at radius 1 is 1.31 bits per heavy atom. The van der Waals surface area contributed by atoms with Gasteiger partial charge in [0.1, 0.15) is 13.7 Å². The number of halogens is 3. The predicted molar refractivity (Wildman–Crippen MR) is 103 cm³/mol. The van der Waals surface area contributed by atoms with Crippen molar-refractivity contribution in [1.82, 2.24) is 15.1 Å². The van der Waals surface area contributed by atoms with Gasteiger partial charge >= 0.3 is 5.51 Å². The number of nitrogens with zero attached hydrogens (tertiary/aromatic N) is 3. The molecule has 0 fully saturated rings. The average molecular weight is 428 g/mol. The van der Waals surface area contributed by atoms with Gasteiger partial charge in [-0.1, -0.05) is 5.16 Å². The third-order valence-corrected chi connectivity index (χ3v) is 4.26. The Balaban J connectivity index is 2.00. The van der Waals surface area contributed by atoms with Gasteiger partial charge in [-0.2, -0.15) is 13.2 Å². The minimum Gasteiger partial charge on any atom is -0.472 e. The molecule has 0 radical (unpaired) electrons. The van der Waals surface area contributed by atoms with Crippen LogP contribution in [-0.4, -0.2) is 47.7 Å². The van der Waals surface area contributed by atoms with Gasteiger partial charge in [0.15, 0.2) is 5.71 Å². The van der Waals surface area contributed by atoms with Crippen LogP contribution in [0, 0.1) is 0 Å². The van der Waals surface area contributed by atoms with Crippen LogP contribution in [0.15, 0.2) is 58.2 Å². The molecule has 0 aliphatic carbocycles. The van der Waals surface area contributed by atoms with Crippen molar-refractivity contribution in [1.29, 1.82) is 0 Å². The number of hydrogen-bond donors (Lipinski definition) is 1. The second-order valence-corrected chi connectivity index (χ2v) is 6.68. The molecule has 2 rings (SSSR count). The summed E-state index contributed by atoms with van der Waals surface area (Å²) in [6, 6.07) is 7.43. The lowest BCUT2D eigenvalue weighted by atomic mass is 10.1. The number of carbonyl (C=O) groups excluding carboxylic acids is 1. The highest BCUT2D eigenvalue weighted by molar-refractivity contribution is 8.00. The molecule has 1 aromatic carbocycles. The molecule has 0 bridgehead atoms. The van der Waals surface area contributed by atoms with Gasteiger partial charge in [-0.25, -0.2) is 4.68 Å². The Kier molecular flexibility index (Phi) is 7.71. The first-order valence-corrected chi connectivity index (χ1v) is 9.10. The first kappa shape index (κ1) is 22.3. The van der Waals surface area contributed by atoms with Crippen LogP contribution in [0.5, 0.6) is 5.88 Å². The normalized spacial score (nSPS) is 12.6. The lowest BCUT2D eigenvalue weighted by molar-refractivity contribution is -0.114. The maximum Gasteiger partial charge on any atom is 0.446 e. The zero-order valence-electron chi connectivity index (χ0n) is 15.9. The summed E-state index contributed by atoms with van der Waals surface area (Å²) in [5.74, 6) is -0.0787. The van der Waals surface area contributed by atoms with E-state index in [-0.39, 0.29) is 29.0 Å². The van der Waals surface area contributed by atoms with Gasteiger partial charge in [0.25, 0.3) is 5.91 Å². The van der Waals surface area contributed by atoms with Crippen LogP contribution in [0.25, 0.3) is 5.69 Å². The van der Waals surface area contributed by atoms with Gasteiger partial charge in [-0.05, 0) is 54.6 Å². The number of thioether (sulfide) groups is 1.